The van der Waals surface area contributed by atoms with Crippen molar-refractivity contribution in [3.63, 3.8) is 0 Å². The number of hydrogen-bond donors (Lipinski definition) is 0. The first-order valence-electron chi connectivity index (χ1n) is 8.95. The van der Waals surface area contributed by atoms with Crippen molar-refractivity contribution in [1.82, 2.24) is 14.8 Å². The quantitative estimate of drug-likeness (QED) is 0.476. The van der Waals surface area contributed by atoms with Crippen LogP contribution >= 0.6 is 0 Å². The molecule has 2 aromatic heterocycles. The molecule has 5 nitrogen and oxygen atoms in total. The molecule has 0 aliphatic rings. The van der Waals surface area contributed by atoms with Gasteiger partial charge in [-0.05, 0) is 43.7 Å². The second-order valence-electron chi connectivity index (χ2n) is 6.32. The first kappa shape index (κ1) is 17.1. The van der Waals surface area contributed by atoms with Gasteiger partial charge < -0.3 is 9.47 Å². The number of pyridine rings is 1. The third kappa shape index (κ3) is 3.62. The van der Waals surface area contributed by atoms with E-state index in [1.807, 2.05) is 78.3 Å². The number of para-hydroxylation sites is 2. The number of benzene rings is 2. The van der Waals surface area contributed by atoms with E-state index in [1.165, 1.54) is 0 Å². The maximum Gasteiger partial charge on any atom is 0.215 e. The van der Waals surface area contributed by atoms with E-state index in [1.54, 1.807) is 0 Å². The molecule has 27 heavy (non-hydrogen) atoms. The monoisotopic (exact) mass is 359 g/mol. The van der Waals surface area contributed by atoms with Gasteiger partial charge in [-0.1, -0.05) is 36.4 Å². The zero-order valence-corrected chi connectivity index (χ0v) is 15.4. The van der Waals surface area contributed by atoms with Crippen molar-refractivity contribution in [2.75, 3.05) is 13.2 Å². The molecule has 4 aromatic rings. The minimum absolute atomic E-state index is 0.422. The van der Waals surface area contributed by atoms with Crippen LogP contribution in [0.25, 0.3) is 16.7 Å². The molecular formula is C22H21N3O2. The highest BCUT2D eigenvalue weighted by molar-refractivity contribution is 5.83. The molecule has 0 N–H and O–H groups in total. The molecular weight excluding hydrogens is 338 g/mol. The summed E-state index contributed by atoms with van der Waals surface area (Å²) >= 11 is 0. The van der Waals surface area contributed by atoms with Crippen molar-refractivity contribution >= 4 is 11.0 Å². The molecule has 0 bridgehead atoms. The topological polar surface area (TPSA) is 49.2 Å². The Kier molecular flexibility index (Phi) is 4.75. The molecule has 0 spiro atoms. The lowest BCUT2D eigenvalue weighted by Crippen LogP contribution is -2.10. The van der Waals surface area contributed by atoms with Gasteiger partial charge in [-0.25, -0.2) is 4.68 Å². The van der Waals surface area contributed by atoms with Crippen molar-refractivity contribution in [2.24, 2.45) is 0 Å². The highest BCUT2D eigenvalue weighted by Crippen LogP contribution is 2.26. The van der Waals surface area contributed by atoms with Gasteiger partial charge in [0.05, 0.1) is 11.4 Å². The van der Waals surface area contributed by atoms with E-state index < -0.39 is 0 Å². The average Bonchev–Trinajstić information content (AvgIpc) is 3.04. The molecule has 136 valence electrons. The fourth-order valence-electron chi connectivity index (χ4n) is 3.12. The van der Waals surface area contributed by atoms with Gasteiger partial charge in [-0.2, -0.15) is 10.1 Å². The van der Waals surface area contributed by atoms with Gasteiger partial charge in [0.25, 0.3) is 0 Å². The van der Waals surface area contributed by atoms with Crippen molar-refractivity contribution in [1.29, 1.82) is 0 Å². The van der Waals surface area contributed by atoms with Gasteiger partial charge in [-0.15, -0.1) is 0 Å². The van der Waals surface area contributed by atoms with E-state index in [4.69, 9.17) is 14.5 Å². The predicted molar refractivity (Wildman–Crippen MR) is 106 cm³/mol. The molecule has 0 saturated carbocycles. The summed E-state index contributed by atoms with van der Waals surface area (Å²) in [5.41, 5.74) is 3.83. The summed E-state index contributed by atoms with van der Waals surface area (Å²) in [4.78, 5) is 4.70. The lowest BCUT2D eigenvalue weighted by molar-refractivity contribution is 0.212. The number of aryl methyl sites for hydroxylation is 2. The van der Waals surface area contributed by atoms with Gasteiger partial charge in [-0.3, -0.25) is 0 Å². The van der Waals surface area contributed by atoms with Gasteiger partial charge in [0.15, 0.2) is 5.65 Å². The predicted octanol–water partition coefficient (Wildman–Crippen LogP) is 4.50. The number of rotatable bonds is 6. The van der Waals surface area contributed by atoms with Gasteiger partial charge >= 0.3 is 0 Å². The Hall–Kier alpha value is -3.34. The average molecular weight is 359 g/mol. The molecule has 2 heterocycles. The molecule has 2 aromatic carbocycles. The third-order valence-corrected chi connectivity index (χ3v) is 4.33. The molecule has 5 heteroatoms. The fraction of sp³-hybridized carbons (Fsp3) is 0.182. The number of ether oxygens (including phenoxy) is 2. The number of nitrogens with zero attached hydrogens (tertiary/aromatic N) is 3. The van der Waals surface area contributed by atoms with E-state index in [9.17, 15) is 0 Å². The van der Waals surface area contributed by atoms with Crippen LogP contribution in [0.15, 0.2) is 66.7 Å². The molecule has 0 fully saturated rings. The van der Waals surface area contributed by atoms with Crippen LogP contribution in [0, 0.1) is 13.8 Å². The molecule has 4 rings (SSSR count). The van der Waals surface area contributed by atoms with E-state index in [2.05, 4.69) is 12.0 Å². The van der Waals surface area contributed by atoms with Gasteiger partial charge in [0, 0.05) is 11.5 Å². The van der Waals surface area contributed by atoms with Crippen LogP contribution in [-0.2, 0) is 0 Å². The normalized spacial score (nSPS) is 10.9. The van der Waals surface area contributed by atoms with E-state index in [0.717, 1.165) is 33.7 Å². The first-order chi connectivity index (χ1) is 13.2. The van der Waals surface area contributed by atoms with E-state index in [-0.39, 0.29) is 0 Å². The maximum atomic E-state index is 5.84. The maximum absolute atomic E-state index is 5.84. The summed E-state index contributed by atoms with van der Waals surface area (Å²) in [6, 6.07) is 21.7. The smallest absolute Gasteiger partial charge is 0.215 e. The highest BCUT2D eigenvalue weighted by atomic mass is 16.5. The SMILES string of the molecule is Cc1cc(OCCOc2ccccc2)nc2c1c(C)nn2-c1ccccc1. The zero-order valence-electron chi connectivity index (χ0n) is 15.4. The Balaban J connectivity index is 1.55. The van der Waals surface area contributed by atoms with Gasteiger partial charge in [0.1, 0.15) is 19.0 Å². The molecule has 0 radical (unpaired) electrons. The van der Waals surface area contributed by atoms with Crippen LogP contribution in [0.4, 0.5) is 0 Å². The molecule has 0 aliphatic heterocycles. The lowest BCUT2D eigenvalue weighted by Gasteiger charge is -2.09. The summed E-state index contributed by atoms with van der Waals surface area (Å²) in [7, 11) is 0. The Morgan fingerprint density at radius 3 is 2.26 bits per heavy atom. The molecule has 0 atom stereocenters. The summed E-state index contributed by atoms with van der Waals surface area (Å²) < 4.78 is 13.4. The van der Waals surface area contributed by atoms with Crippen LogP contribution in [0.1, 0.15) is 11.3 Å². The Labute approximate surface area is 158 Å². The number of hydrogen-bond acceptors (Lipinski definition) is 4. The second-order valence-corrected chi connectivity index (χ2v) is 6.32. The lowest BCUT2D eigenvalue weighted by atomic mass is 10.2. The number of aromatic nitrogens is 3. The van der Waals surface area contributed by atoms with Crippen LogP contribution in [0.3, 0.4) is 0 Å². The minimum atomic E-state index is 0.422. The third-order valence-electron chi connectivity index (χ3n) is 4.33. The molecule has 0 unspecified atom stereocenters. The molecule has 0 saturated heterocycles. The molecule has 0 amide bonds. The van der Waals surface area contributed by atoms with Crippen LogP contribution < -0.4 is 9.47 Å². The van der Waals surface area contributed by atoms with Crippen LogP contribution in [-0.4, -0.2) is 28.0 Å². The fourth-order valence-corrected chi connectivity index (χ4v) is 3.12. The van der Waals surface area contributed by atoms with Crippen molar-refractivity contribution in [3.05, 3.63) is 78.0 Å². The van der Waals surface area contributed by atoms with Crippen molar-refractivity contribution in [3.8, 4) is 17.3 Å². The summed E-state index contributed by atoms with van der Waals surface area (Å²) in [5, 5.41) is 5.73. The van der Waals surface area contributed by atoms with E-state index >= 15 is 0 Å². The highest BCUT2D eigenvalue weighted by Gasteiger charge is 2.14. The van der Waals surface area contributed by atoms with Crippen LogP contribution in [0.2, 0.25) is 0 Å². The van der Waals surface area contributed by atoms with Crippen molar-refractivity contribution in [2.45, 2.75) is 13.8 Å². The summed E-state index contributed by atoms with van der Waals surface area (Å²) in [5.74, 6) is 1.41. The van der Waals surface area contributed by atoms with Crippen molar-refractivity contribution < 1.29 is 9.47 Å². The zero-order chi connectivity index (χ0) is 18.6. The second kappa shape index (κ2) is 7.50. The van der Waals surface area contributed by atoms with E-state index in [0.29, 0.717) is 19.1 Å². The van der Waals surface area contributed by atoms with Gasteiger partial charge in [0.2, 0.25) is 5.88 Å². The summed E-state index contributed by atoms with van der Waals surface area (Å²) in [6.07, 6.45) is 0. The molecule has 0 aliphatic carbocycles. The summed E-state index contributed by atoms with van der Waals surface area (Å²) in [6.45, 7) is 4.94. The first-order valence-corrected chi connectivity index (χ1v) is 8.95. The Morgan fingerprint density at radius 1 is 0.852 bits per heavy atom. The minimum Gasteiger partial charge on any atom is -0.490 e. The largest absolute Gasteiger partial charge is 0.490 e. The van der Waals surface area contributed by atoms with Crippen LogP contribution in [0.5, 0.6) is 11.6 Å². The standard InChI is InChI=1S/C22H21N3O2/c1-16-15-20(27-14-13-26-19-11-7-4-8-12-19)23-22-21(16)17(2)24-25(22)18-9-5-3-6-10-18/h3-12,15H,13-14H2,1-2H3. The Bertz CT molecular complexity index is 1040. The Morgan fingerprint density at radius 2 is 1.52 bits per heavy atom. The number of fused-ring (bicyclic) bond motifs is 1.